The third kappa shape index (κ3) is 4.18. The molecule has 4 rings (SSSR count). The van der Waals surface area contributed by atoms with Crippen LogP contribution in [0.25, 0.3) is 11.1 Å². The van der Waals surface area contributed by atoms with Crippen LogP contribution in [0.4, 0.5) is 5.82 Å². The maximum Gasteiger partial charge on any atom is 0.143 e. The van der Waals surface area contributed by atoms with Gasteiger partial charge in [-0.25, -0.2) is 9.97 Å². The van der Waals surface area contributed by atoms with E-state index in [1.54, 1.807) is 12.4 Å². The molecule has 2 heterocycles. The van der Waals surface area contributed by atoms with Crippen molar-refractivity contribution in [3.05, 3.63) is 53.6 Å². The Morgan fingerprint density at radius 1 is 1.17 bits per heavy atom. The van der Waals surface area contributed by atoms with Gasteiger partial charge >= 0.3 is 0 Å². The number of H-pyrrole nitrogens is 1. The van der Waals surface area contributed by atoms with Gasteiger partial charge in [-0.1, -0.05) is 23.9 Å². The van der Waals surface area contributed by atoms with Gasteiger partial charge in [-0.05, 0) is 36.5 Å². The Bertz CT molecular complexity index is 1090. The standard InChI is InChI=1S/C21H18N6OS/c22-9-16-19(14-3-5-15(6-4-14)28-11-13-1-2-13)17(10-23)21(27-20(16)24)29-12-18-25-7-8-26-18/h3-8,13H,1-2,11-12H2,(H2,24,27)(H,25,26). The minimum atomic E-state index is 0.109. The molecule has 1 fully saturated rings. The number of nitrogens with zero attached hydrogens (tertiary/aromatic N) is 4. The van der Waals surface area contributed by atoms with E-state index < -0.39 is 0 Å². The molecule has 0 aliphatic heterocycles. The number of thioether (sulfide) groups is 1. The lowest BCUT2D eigenvalue weighted by atomic mass is 9.97. The number of pyridine rings is 1. The number of nitrogen functional groups attached to an aromatic ring is 1. The second-order valence-electron chi connectivity index (χ2n) is 6.75. The van der Waals surface area contributed by atoms with Crippen LogP contribution in [0.1, 0.15) is 29.8 Å². The molecule has 0 bridgehead atoms. The fraction of sp³-hybridized carbons (Fsp3) is 0.238. The Morgan fingerprint density at radius 3 is 2.55 bits per heavy atom. The molecule has 0 spiro atoms. The Balaban J connectivity index is 1.68. The summed E-state index contributed by atoms with van der Waals surface area (Å²) in [5, 5.41) is 19.9. The number of benzene rings is 1. The third-order valence-corrected chi connectivity index (χ3v) is 5.63. The highest BCUT2D eigenvalue weighted by atomic mass is 32.2. The lowest BCUT2D eigenvalue weighted by Crippen LogP contribution is -2.04. The summed E-state index contributed by atoms with van der Waals surface area (Å²) in [6.07, 6.45) is 5.85. The monoisotopic (exact) mass is 402 g/mol. The van der Waals surface area contributed by atoms with Crippen molar-refractivity contribution >= 4 is 17.6 Å². The molecule has 0 amide bonds. The number of hydrogen-bond donors (Lipinski definition) is 2. The van der Waals surface area contributed by atoms with Crippen molar-refractivity contribution in [1.82, 2.24) is 15.0 Å². The minimum Gasteiger partial charge on any atom is -0.493 e. The van der Waals surface area contributed by atoms with E-state index in [2.05, 4.69) is 27.1 Å². The van der Waals surface area contributed by atoms with Gasteiger partial charge in [-0.2, -0.15) is 10.5 Å². The summed E-state index contributed by atoms with van der Waals surface area (Å²) < 4.78 is 5.78. The van der Waals surface area contributed by atoms with Crippen LogP contribution in [0.15, 0.2) is 41.7 Å². The average Bonchev–Trinajstić information content (AvgIpc) is 3.43. The number of nitrogens with one attached hydrogen (secondary N) is 1. The van der Waals surface area contributed by atoms with Crippen LogP contribution in [0.2, 0.25) is 0 Å². The number of nitrogens with two attached hydrogens (primary N) is 1. The van der Waals surface area contributed by atoms with Crippen molar-refractivity contribution in [3.63, 3.8) is 0 Å². The van der Waals surface area contributed by atoms with E-state index in [4.69, 9.17) is 10.5 Å². The van der Waals surface area contributed by atoms with Crippen LogP contribution in [0.5, 0.6) is 5.75 Å². The van der Waals surface area contributed by atoms with Gasteiger partial charge in [0.2, 0.25) is 0 Å². The van der Waals surface area contributed by atoms with Crippen molar-refractivity contribution in [1.29, 1.82) is 10.5 Å². The second kappa shape index (κ2) is 8.26. The summed E-state index contributed by atoms with van der Waals surface area (Å²) in [4.78, 5) is 11.5. The number of aromatic nitrogens is 3. The molecular weight excluding hydrogens is 384 g/mol. The SMILES string of the molecule is N#Cc1c(N)nc(SCc2ncc[nH]2)c(C#N)c1-c1ccc(OCC2CC2)cc1. The van der Waals surface area contributed by atoms with Crippen molar-refractivity contribution < 1.29 is 4.74 Å². The van der Waals surface area contributed by atoms with E-state index in [0.29, 0.717) is 27.8 Å². The van der Waals surface area contributed by atoms with Crippen LogP contribution in [0.3, 0.4) is 0 Å². The smallest absolute Gasteiger partial charge is 0.143 e. The number of ether oxygens (including phenoxy) is 1. The molecular formula is C21H18N6OS. The van der Waals surface area contributed by atoms with Gasteiger partial charge in [0.05, 0.1) is 17.9 Å². The molecule has 0 saturated heterocycles. The summed E-state index contributed by atoms with van der Waals surface area (Å²) in [5.41, 5.74) is 7.82. The molecule has 0 radical (unpaired) electrons. The summed E-state index contributed by atoms with van der Waals surface area (Å²) in [5.74, 6) is 2.82. The van der Waals surface area contributed by atoms with E-state index in [1.165, 1.54) is 24.6 Å². The lowest BCUT2D eigenvalue weighted by molar-refractivity contribution is 0.300. The van der Waals surface area contributed by atoms with Crippen molar-refractivity contribution in [2.75, 3.05) is 12.3 Å². The predicted molar refractivity (Wildman–Crippen MR) is 110 cm³/mol. The van der Waals surface area contributed by atoms with Crippen molar-refractivity contribution in [3.8, 4) is 29.0 Å². The van der Waals surface area contributed by atoms with Gasteiger partial charge in [-0.3, -0.25) is 0 Å². The highest BCUT2D eigenvalue weighted by Crippen LogP contribution is 2.37. The molecule has 0 unspecified atom stereocenters. The first-order valence-corrected chi connectivity index (χ1v) is 10.2. The van der Waals surface area contributed by atoms with Gasteiger partial charge in [-0.15, -0.1) is 0 Å². The Hall–Kier alpha value is -3.49. The average molecular weight is 402 g/mol. The third-order valence-electron chi connectivity index (χ3n) is 4.64. The number of hydrogen-bond acceptors (Lipinski definition) is 7. The Morgan fingerprint density at radius 2 is 1.93 bits per heavy atom. The topological polar surface area (TPSA) is 124 Å². The molecule has 1 aromatic carbocycles. The summed E-state index contributed by atoms with van der Waals surface area (Å²) >= 11 is 1.35. The predicted octanol–water partition coefficient (Wildman–Crippen LogP) is 3.88. The molecule has 3 aromatic rings. The molecule has 0 atom stereocenters. The molecule has 7 nitrogen and oxygen atoms in total. The van der Waals surface area contributed by atoms with E-state index in [9.17, 15) is 10.5 Å². The van der Waals surface area contributed by atoms with Crippen LogP contribution < -0.4 is 10.5 Å². The van der Waals surface area contributed by atoms with E-state index in [1.807, 2.05) is 24.3 Å². The maximum absolute atomic E-state index is 9.83. The molecule has 144 valence electrons. The zero-order valence-corrected chi connectivity index (χ0v) is 16.4. The van der Waals surface area contributed by atoms with Crippen LogP contribution in [-0.4, -0.2) is 21.6 Å². The Kier molecular flexibility index (Phi) is 5.37. The summed E-state index contributed by atoms with van der Waals surface area (Å²) in [6.45, 7) is 0.724. The number of imidazole rings is 1. The van der Waals surface area contributed by atoms with Crippen molar-refractivity contribution in [2.24, 2.45) is 5.92 Å². The molecule has 2 aromatic heterocycles. The van der Waals surface area contributed by atoms with Crippen LogP contribution >= 0.6 is 11.8 Å². The number of aromatic amines is 1. The number of nitriles is 2. The highest BCUT2D eigenvalue weighted by molar-refractivity contribution is 7.98. The van der Waals surface area contributed by atoms with E-state index in [-0.39, 0.29) is 11.4 Å². The molecule has 1 saturated carbocycles. The fourth-order valence-corrected chi connectivity index (χ4v) is 3.81. The normalized spacial score (nSPS) is 12.9. The highest BCUT2D eigenvalue weighted by Gasteiger charge is 2.23. The summed E-state index contributed by atoms with van der Waals surface area (Å²) in [7, 11) is 0. The first kappa shape index (κ1) is 18.9. The van der Waals surface area contributed by atoms with Gasteiger partial charge in [0, 0.05) is 18.0 Å². The van der Waals surface area contributed by atoms with Crippen molar-refractivity contribution in [2.45, 2.75) is 23.6 Å². The molecule has 3 N–H and O–H groups in total. The van der Waals surface area contributed by atoms with Crippen LogP contribution in [0, 0.1) is 28.6 Å². The van der Waals surface area contributed by atoms with Crippen LogP contribution in [-0.2, 0) is 5.75 Å². The number of anilines is 1. The summed E-state index contributed by atoms with van der Waals surface area (Å²) in [6, 6.07) is 11.7. The molecule has 8 heteroatoms. The number of rotatable bonds is 7. The maximum atomic E-state index is 9.83. The molecule has 29 heavy (non-hydrogen) atoms. The molecule has 1 aliphatic rings. The molecule has 1 aliphatic carbocycles. The van der Waals surface area contributed by atoms with E-state index >= 15 is 0 Å². The van der Waals surface area contributed by atoms with Gasteiger partial charge in [0.25, 0.3) is 0 Å². The zero-order valence-electron chi connectivity index (χ0n) is 15.6. The first-order chi connectivity index (χ1) is 14.2. The van der Waals surface area contributed by atoms with Gasteiger partial charge < -0.3 is 15.5 Å². The second-order valence-corrected chi connectivity index (χ2v) is 7.72. The largest absolute Gasteiger partial charge is 0.493 e. The van der Waals surface area contributed by atoms with E-state index in [0.717, 1.165) is 23.7 Å². The minimum absolute atomic E-state index is 0.109. The Labute approximate surface area is 172 Å². The zero-order chi connectivity index (χ0) is 20.2. The van der Waals surface area contributed by atoms with Gasteiger partial charge in [0.1, 0.15) is 40.1 Å². The lowest BCUT2D eigenvalue weighted by Gasteiger charge is -2.13. The first-order valence-electron chi connectivity index (χ1n) is 9.17. The van der Waals surface area contributed by atoms with Gasteiger partial charge in [0.15, 0.2) is 0 Å². The quantitative estimate of drug-likeness (QED) is 0.575. The fourth-order valence-electron chi connectivity index (χ4n) is 2.92.